The van der Waals surface area contributed by atoms with Crippen molar-refractivity contribution in [1.29, 1.82) is 0 Å². The summed E-state index contributed by atoms with van der Waals surface area (Å²) in [4.78, 5) is 15.3. The Balaban J connectivity index is 2.18. The number of carbonyl (C=O) groups is 1. The summed E-state index contributed by atoms with van der Waals surface area (Å²) in [5.74, 6) is -1.37. The molecular formula is C15H22N2O5S. The van der Waals surface area contributed by atoms with Crippen LogP contribution in [0.5, 0.6) is 0 Å². The maximum atomic E-state index is 12.7. The highest BCUT2D eigenvalue weighted by molar-refractivity contribution is 7.89. The normalized spacial score (nSPS) is 20.3. The van der Waals surface area contributed by atoms with Crippen LogP contribution in [0.1, 0.15) is 31.7 Å². The second-order valence-corrected chi connectivity index (χ2v) is 7.65. The fraction of sp³-hybridized carbons (Fsp3) is 0.600. The third-order valence-electron chi connectivity index (χ3n) is 3.88. The van der Waals surface area contributed by atoms with Gasteiger partial charge in [0.05, 0.1) is 11.9 Å². The average Bonchev–Trinajstić information content (AvgIpc) is 2.53. The van der Waals surface area contributed by atoms with Crippen LogP contribution in [0, 0.1) is 0 Å². The molecule has 1 fully saturated rings. The Bertz CT molecular complexity index is 614. The van der Waals surface area contributed by atoms with Crippen molar-refractivity contribution in [2.45, 2.75) is 44.9 Å². The lowest BCUT2D eigenvalue weighted by atomic mass is 10.1. The van der Waals surface area contributed by atoms with E-state index in [0.29, 0.717) is 18.6 Å². The molecule has 1 aromatic heterocycles. The summed E-state index contributed by atoms with van der Waals surface area (Å²) in [7, 11) is -3.76. The van der Waals surface area contributed by atoms with Crippen LogP contribution in [0.2, 0.25) is 0 Å². The van der Waals surface area contributed by atoms with Crippen molar-refractivity contribution >= 4 is 16.0 Å². The van der Waals surface area contributed by atoms with Crippen molar-refractivity contribution in [3.63, 3.8) is 0 Å². The molecule has 23 heavy (non-hydrogen) atoms. The lowest BCUT2D eigenvalue weighted by Gasteiger charge is -2.29. The highest BCUT2D eigenvalue weighted by Gasteiger charge is 2.34. The van der Waals surface area contributed by atoms with Crippen molar-refractivity contribution in [1.82, 2.24) is 9.29 Å². The van der Waals surface area contributed by atoms with Gasteiger partial charge in [0, 0.05) is 25.5 Å². The minimum absolute atomic E-state index is 0.0175. The zero-order chi connectivity index (χ0) is 16.9. The molecule has 0 aliphatic carbocycles. The van der Waals surface area contributed by atoms with Gasteiger partial charge < -0.3 is 9.84 Å². The van der Waals surface area contributed by atoms with Crippen molar-refractivity contribution in [3.8, 4) is 0 Å². The first-order chi connectivity index (χ1) is 10.9. The number of carboxylic acids is 1. The molecule has 2 heterocycles. The molecule has 0 aromatic carbocycles. The number of pyridine rings is 1. The number of aliphatic carboxylic acids is 1. The quantitative estimate of drug-likeness (QED) is 0.801. The van der Waals surface area contributed by atoms with E-state index in [1.54, 1.807) is 18.3 Å². The molecule has 1 N–H and O–H groups in total. The van der Waals surface area contributed by atoms with Gasteiger partial charge in [-0.1, -0.05) is 6.07 Å². The number of hydrogen-bond acceptors (Lipinski definition) is 5. The van der Waals surface area contributed by atoms with E-state index >= 15 is 0 Å². The molecule has 128 valence electrons. The van der Waals surface area contributed by atoms with E-state index in [0.717, 1.165) is 17.1 Å². The molecule has 0 spiro atoms. The van der Waals surface area contributed by atoms with Crippen molar-refractivity contribution in [2.75, 3.05) is 12.4 Å². The monoisotopic (exact) mass is 342 g/mol. The fourth-order valence-electron chi connectivity index (χ4n) is 2.54. The van der Waals surface area contributed by atoms with Gasteiger partial charge in [-0.3, -0.25) is 9.78 Å². The van der Waals surface area contributed by atoms with Crippen LogP contribution < -0.4 is 0 Å². The highest BCUT2D eigenvalue weighted by Crippen LogP contribution is 2.19. The van der Waals surface area contributed by atoms with Gasteiger partial charge in [-0.05, 0) is 37.8 Å². The van der Waals surface area contributed by atoms with Gasteiger partial charge in [0.25, 0.3) is 0 Å². The van der Waals surface area contributed by atoms with Crippen molar-refractivity contribution < 1.29 is 23.1 Å². The van der Waals surface area contributed by atoms with Gasteiger partial charge in [-0.25, -0.2) is 8.42 Å². The molecule has 1 saturated heterocycles. The summed E-state index contributed by atoms with van der Waals surface area (Å²) >= 11 is 0. The number of aromatic nitrogens is 1. The maximum Gasteiger partial charge on any atom is 0.321 e. The molecule has 2 atom stereocenters. The van der Waals surface area contributed by atoms with E-state index in [1.807, 2.05) is 0 Å². The van der Waals surface area contributed by atoms with E-state index in [9.17, 15) is 18.3 Å². The van der Waals surface area contributed by atoms with Crippen molar-refractivity contribution in [2.24, 2.45) is 0 Å². The van der Waals surface area contributed by atoms with Crippen LogP contribution in [0.15, 0.2) is 24.5 Å². The molecule has 1 aliphatic rings. The van der Waals surface area contributed by atoms with E-state index in [1.165, 1.54) is 13.1 Å². The molecule has 2 rings (SSSR count). The Morgan fingerprint density at radius 2 is 2.30 bits per heavy atom. The second-order valence-electron chi connectivity index (χ2n) is 5.69. The molecular weight excluding hydrogens is 320 g/mol. The van der Waals surface area contributed by atoms with Crippen LogP contribution in [-0.2, 0) is 26.1 Å². The first-order valence-corrected chi connectivity index (χ1v) is 9.24. The molecule has 0 radical (unpaired) electrons. The van der Waals surface area contributed by atoms with Gasteiger partial charge in [-0.2, -0.15) is 4.31 Å². The zero-order valence-electron chi connectivity index (χ0n) is 13.1. The van der Waals surface area contributed by atoms with Gasteiger partial charge in [0.15, 0.2) is 0 Å². The molecule has 0 bridgehead atoms. The van der Waals surface area contributed by atoms with Crippen LogP contribution in [-0.4, -0.2) is 53.3 Å². The number of hydrogen-bond donors (Lipinski definition) is 1. The summed E-state index contributed by atoms with van der Waals surface area (Å²) in [5.41, 5.74) is 0.647. The molecule has 2 unspecified atom stereocenters. The Morgan fingerprint density at radius 1 is 1.52 bits per heavy atom. The zero-order valence-corrected chi connectivity index (χ0v) is 13.9. The van der Waals surface area contributed by atoms with Crippen LogP contribution in [0.3, 0.4) is 0 Å². The first-order valence-electron chi connectivity index (χ1n) is 7.63. The standard InChI is InChI=1S/C15H22N2O5S/c1-12(15(18)19)17(10-13-5-4-7-16-9-13)23(20,21)11-14-6-2-3-8-22-14/h4-5,7,9,12,14H,2-3,6,8,10-11H2,1H3,(H,18,19). The number of nitrogens with zero attached hydrogens (tertiary/aromatic N) is 2. The Morgan fingerprint density at radius 3 is 2.87 bits per heavy atom. The second kappa shape index (κ2) is 7.85. The van der Waals surface area contributed by atoms with E-state index in [4.69, 9.17) is 4.74 Å². The van der Waals surface area contributed by atoms with Crippen LogP contribution >= 0.6 is 0 Å². The largest absolute Gasteiger partial charge is 0.480 e. The van der Waals surface area contributed by atoms with Gasteiger partial charge in [-0.15, -0.1) is 0 Å². The third kappa shape index (κ3) is 4.98. The fourth-order valence-corrected chi connectivity index (χ4v) is 4.38. The predicted octanol–water partition coefficient (Wildman–Crippen LogP) is 1.26. The third-order valence-corrected chi connectivity index (χ3v) is 5.83. The first kappa shape index (κ1) is 17.8. The molecule has 1 aliphatic heterocycles. The summed E-state index contributed by atoms with van der Waals surface area (Å²) in [6, 6.07) is 2.26. The predicted molar refractivity (Wildman–Crippen MR) is 84.3 cm³/mol. The number of sulfonamides is 1. The molecule has 7 nitrogen and oxygen atoms in total. The van der Waals surface area contributed by atoms with E-state index < -0.39 is 22.0 Å². The van der Waals surface area contributed by atoms with Gasteiger partial charge in [0.2, 0.25) is 10.0 Å². The lowest BCUT2D eigenvalue weighted by molar-refractivity contribution is -0.141. The smallest absolute Gasteiger partial charge is 0.321 e. The van der Waals surface area contributed by atoms with Crippen molar-refractivity contribution in [3.05, 3.63) is 30.1 Å². The maximum absolute atomic E-state index is 12.7. The number of rotatable bonds is 7. The summed E-state index contributed by atoms with van der Waals surface area (Å²) in [6.07, 6.45) is 5.29. The Hall–Kier alpha value is -1.51. The minimum Gasteiger partial charge on any atom is -0.480 e. The SMILES string of the molecule is CC(C(=O)O)N(Cc1cccnc1)S(=O)(=O)CC1CCCCO1. The summed E-state index contributed by atoms with van der Waals surface area (Å²) in [5, 5.41) is 9.25. The minimum atomic E-state index is -3.76. The average molecular weight is 342 g/mol. The van der Waals surface area contributed by atoms with Gasteiger partial charge >= 0.3 is 5.97 Å². The molecule has 1 aromatic rings. The number of ether oxygens (including phenoxy) is 1. The molecule has 0 amide bonds. The van der Waals surface area contributed by atoms with E-state index in [-0.39, 0.29) is 18.4 Å². The lowest BCUT2D eigenvalue weighted by Crippen LogP contribution is -2.46. The summed E-state index contributed by atoms with van der Waals surface area (Å²) in [6.45, 7) is 1.91. The topological polar surface area (TPSA) is 96.8 Å². The van der Waals surface area contributed by atoms with Gasteiger partial charge in [0.1, 0.15) is 6.04 Å². The van der Waals surface area contributed by atoms with Crippen LogP contribution in [0.25, 0.3) is 0 Å². The van der Waals surface area contributed by atoms with Crippen LogP contribution in [0.4, 0.5) is 0 Å². The summed E-state index contributed by atoms with van der Waals surface area (Å²) < 4.78 is 31.9. The highest BCUT2D eigenvalue weighted by atomic mass is 32.2. The molecule has 0 saturated carbocycles. The molecule has 8 heteroatoms. The Kier molecular flexibility index (Phi) is 6.09. The number of carboxylic acid groups (broad SMARTS) is 1. The van der Waals surface area contributed by atoms with E-state index in [2.05, 4.69) is 4.98 Å². The Labute approximate surface area is 136 Å².